The van der Waals surface area contributed by atoms with Crippen molar-refractivity contribution in [2.75, 3.05) is 5.32 Å². The number of anilines is 1. The molecule has 6 nitrogen and oxygen atoms in total. The lowest BCUT2D eigenvalue weighted by atomic mass is 9.80. The number of hydrogen-bond acceptors (Lipinski definition) is 4. The minimum atomic E-state index is -0.807. The Labute approximate surface area is 134 Å². The van der Waals surface area contributed by atoms with Crippen molar-refractivity contribution in [1.29, 1.82) is 0 Å². The van der Waals surface area contributed by atoms with Gasteiger partial charge in [-0.15, -0.1) is 0 Å². The SMILES string of the molecule is CC(=O)NC1(C(=O)Nc2ccc3oc(C)nc3c2)CCCCC1. The number of carbonyl (C=O) groups excluding carboxylic acids is 2. The van der Waals surface area contributed by atoms with Crippen molar-refractivity contribution in [3.05, 3.63) is 24.1 Å². The van der Waals surface area contributed by atoms with E-state index >= 15 is 0 Å². The molecule has 1 saturated carbocycles. The third-order valence-corrected chi connectivity index (χ3v) is 4.31. The average molecular weight is 315 g/mol. The van der Waals surface area contributed by atoms with Gasteiger partial charge in [-0.25, -0.2) is 4.98 Å². The van der Waals surface area contributed by atoms with Crippen LogP contribution in [0.2, 0.25) is 0 Å². The molecule has 0 saturated heterocycles. The summed E-state index contributed by atoms with van der Waals surface area (Å²) in [5.41, 5.74) is 1.25. The number of hydrogen-bond donors (Lipinski definition) is 2. The maximum Gasteiger partial charge on any atom is 0.250 e. The van der Waals surface area contributed by atoms with Gasteiger partial charge >= 0.3 is 0 Å². The van der Waals surface area contributed by atoms with Crippen molar-refractivity contribution in [2.45, 2.75) is 51.5 Å². The van der Waals surface area contributed by atoms with Crippen LogP contribution in [-0.2, 0) is 9.59 Å². The van der Waals surface area contributed by atoms with Crippen LogP contribution in [0.1, 0.15) is 44.9 Å². The molecule has 1 aliphatic carbocycles. The van der Waals surface area contributed by atoms with Crippen molar-refractivity contribution >= 4 is 28.6 Å². The molecule has 0 unspecified atom stereocenters. The molecular weight excluding hydrogens is 294 g/mol. The molecule has 2 aromatic rings. The largest absolute Gasteiger partial charge is 0.441 e. The predicted molar refractivity (Wildman–Crippen MR) is 87.0 cm³/mol. The molecule has 3 rings (SSSR count). The van der Waals surface area contributed by atoms with Crippen molar-refractivity contribution in [2.24, 2.45) is 0 Å². The second-order valence-corrected chi connectivity index (χ2v) is 6.19. The average Bonchev–Trinajstić information content (AvgIpc) is 2.86. The topological polar surface area (TPSA) is 84.2 Å². The smallest absolute Gasteiger partial charge is 0.250 e. The Kier molecular flexibility index (Phi) is 4.07. The van der Waals surface area contributed by atoms with E-state index in [1.807, 2.05) is 0 Å². The van der Waals surface area contributed by atoms with Crippen LogP contribution < -0.4 is 10.6 Å². The Balaban J connectivity index is 1.83. The van der Waals surface area contributed by atoms with Crippen molar-refractivity contribution in [3.63, 3.8) is 0 Å². The Morgan fingerprint density at radius 1 is 1.22 bits per heavy atom. The third-order valence-electron chi connectivity index (χ3n) is 4.31. The van der Waals surface area contributed by atoms with E-state index in [1.165, 1.54) is 6.92 Å². The first-order valence-corrected chi connectivity index (χ1v) is 7.96. The van der Waals surface area contributed by atoms with Crippen LogP contribution in [0.25, 0.3) is 11.1 Å². The fourth-order valence-corrected chi connectivity index (χ4v) is 3.27. The van der Waals surface area contributed by atoms with E-state index in [9.17, 15) is 9.59 Å². The highest BCUT2D eigenvalue weighted by atomic mass is 16.3. The van der Waals surface area contributed by atoms with Gasteiger partial charge in [0.05, 0.1) is 0 Å². The summed E-state index contributed by atoms with van der Waals surface area (Å²) in [6.45, 7) is 3.24. The van der Waals surface area contributed by atoms with E-state index < -0.39 is 5.54 Å². The molecule has 1 aromatic carbocycles. The van der Waals surface area contributed by atoms with Crippen LogP contribution in [0, 0.1) is 6.92 Å². The highest BCUT2D eigenvalue weighted by Gasteiger charge is 2.40. The molecule has 0 radical (unpaired) electrons. The van der Waals surface area contributed by atoms with Crippen LogP contribution in [0.15, 0.2) is 22.6 Å². The van der Waals surface area contributed by atoms with E-state index in [0.29, 0.717) is 35.5 Å². The summed E-state index contributed by atoms with van der Waals surface area (Å²) >= 11 is 0. The number of aryl methyl sites for hydroxylation is 1. The number of nitrogens with zero attached hydrogens (tertiary/aromatic N) is 1. The van der Waals surface area contributed by atoms with Gasteiger partial charge in [0.1, 0.15) is 11.1 Å². The van der Waals surface area contributed by atoms with Gasteiger partial charge in [-0.1, -0.05) is 19.3 Å². The molecule has 0 aliphatic heterocycles. The number of rotatable bonds is 3. The number of benzene rings is 1. The molecular formula is C17H21N3O3. The zero-order chi connectivity index (χ0) is 16.4. The summed E-state index contributed by atoms with van der Waals surface area (Å²) in [4.78, 5) is 28.6. The summed E-state index contributed by atoms with van der Waals surface area (Å²) in [5.74, 6) is 0.252. The van der Waals surface area contributed by atoms with Gasteiger partial charge in [-0.2, -0.15) is 0 Å². The van der Waals surface area contributed by atoms with Crippen LogP contribution in [0.3, 0.4) is 0 Å². The number of fused-ring (bicyclic) bond motifs is 1. The van der Waals surface area contributed by atoms with E-state index in [-0.39, 0.29) is 11.8 Å². The first kappa shape index (κ1) is 15.5. The maximum atomic E-state index is 12.8. The van der Waals surface area contributed by atoms with Gasteiger partial charge in [0.2, 0.25) is 11.8 Å². The molecule has 0 bridgehead atoms. The molecule has 1 aromatic heterocycles. The molecule has 2 N–H and O–H groups in total. The maximum absolute atomic E-state index is 12.8. The number of nitrogens with one attached hydrogen (secondary N) is 2. The lowest BCUT2D eigenvalue weighted by Gasteiger charge is -2.36. The second kappa shape index (κ2) is 6.02. The normalized spacial score (nSPS) is 17.0. The summed E-state index contributed by atoms with van der Waals surface area (Å²) in [7, 11) is 0. The Morgan fingerprint density at radius 3 is 2.65 bits per heavy atom. The zero-order valence-electron chi connectivity index (χ0n) is 13.4. The summed E-state index contributed by atoms with van der Waals surface area (Å²) in [6.07, 6.45) is 4.32. The third kappa shape index (κ3) is 3.21. The standard InChI is InChI=1S/C17H21N3O3/c1-11(21)20-17(8-4-3-5-9-17)16(22)19-13-6-7-15-14(10-13)18-12(2)23-15/h6-7,10H,3-5,8-9H2,1-2H3,(H,19,22)(H,20,21). The van der Waals surface area contributed by atoms with Gasteiger partial charge in [-0.3, -0.25) is 9.59 Å². The van der Waals surface area contributed by atoms with E-state index in [2.05, 4.69) is 15.6 Å². The molecule has 0 spiro atoms. The minimum absolute atomic E-state index is 0.160. The first-order valence-electron chi connectivity index (χ1n) is 7.96. The fourth-order valence-electron chi connectivity index (χ4n) is 3.27. The van der Waals surface area contributed by atoms with E-state index in [1.54, 1.807) is 25.1 Å². The van der Waals surface area contributed by atoms with Gasteiger partial charge < -0.3 is 15.1 Å². The monoisotopic (exact) mass is 315 g/mol. The Hall–Kier alpha value is -2.37. The predicted octanol–water partition coefficient (Wildman–Crippen LogP) is 2.91. The highest BCUT2D eigenvalue weighted by molar-refractivity contribution is 6.01. The van der Waals surface area contributed by atoms with Crippen molar-refractivity contribution in [3.8, 4) is 0 Å². The van der Waals surface area contributed by atoms with Gasteiger partial charge in [0.25, 0.3) is 0 Å². The number of oxazole rings is 1. The Morgan fingerprint density at radius 2 is 1.96 bits per heavy atom. The summed E-state index contributed by atoms with van der Waals surface area (Å²) in [5, 5.41) is 5.80. The lowest BCUT2D eigenvalue weighted by molar-refractivity contribution is -0.130. The van der Waals surface area contributed by atoms with Crippen molar-refractivity contribution < 1.29 is 14.0 Å². The van der Waals surface area contributed by atoms with Crippen LogP contribution in [-0.4, -0.2) is 22.3 Å². The van der Waals surface area contributed by atoms with Gasteiger partial charge in [-0.05, 0) is 31.0 Å². The molecule has 2 amide bonds. The minimum Gasteiger partial charge on any atom is -0.441 e. The molecule has 1 fully saturated rings. The number of carbonyl (C=O) groups is 2. The fraction of sp³-hybridized carbons (Fsp3) is 0.471. The van der Waals surface area contributed by atoms with E-state index in [0.717, 1.165) is 19.3 Å². The van der Waals surface area contributed by atoms with Crippen molar-refractivity contribution in [1.82, 2.24) is 10.3 Å². The van der Waals surface area contributed by atoms with Gasteiger partial charge in [0.15, 0.2) is 11.5 Å². The van der Waals surface area contributed by atoms with Gasteiger partial charge in [0, 0.05) is 19.5 Å². The summed E-state index contributed by atoms with van der Waals surface area (Å²) < 4.78 is 5.44. The molecule has 0 atom stereocenters. The molecule has 23 heavy (non-hydrogen) atoms. The zero-order valence-corrected chi connectivity index (χ0v) is 13.4. The summed E-state index contributed by atoms with van der Waals surface area (Å²) in [6, 6.07) is 5.36. The quantitative estimate of drug-likeness (QED) is 0.912. The molecule has 122 valence electrons. The molecule has 1 heterocycles. The molecule has 6 heteroatoms. The second-order valence-electron chi connectivity index (χ2n) is 6.19. The highest BCUT2D eigenvalue weighted by Crippen LogP contribution is 2.30. The van der Waals surface area contributed by atoms with Crippen LogP contribution in [0.4, 0.5) is 5.69 Å². The first-order chi connectivity index (χ1) is 11.0. The van der Waals surface area contributed by atoms with Crippen LogP contribution >= 0.6 is 0 Å². The number of amides is 2. The Bertz CT molecular complexity index is 745. The van der Waals surface area contributed by atoms with E-state index in [4.69, 9.17) is 4.42 Å². The number of aromatic nitrogens is 1. The van der Waals surface area contributed by atoms with Crippen LogP contribution in [0.5, 0.6) is 0 Å². The lowest BCUT2D eigenvalue weighted by Crippen LogP contribution is -2.57. The molecule has 1 aliphatic rings.